The van der Waals surface area contributed by atoms with E-state index < -0.39 is 0 Å². The van der Waals surface area contributed by atoms with Crippen molar-refractivity contribution in [2.24, 2.45) is 0 Å². The van der Waals surface area contributed by atoms with Gasteiger partial charge in [0.25, 0.3) is 0 Å². The van der Waals surface area contributed by atoms with Crippen molar-refractivity contribution in [1.82, 2.24) is 19.9 Å². The van der Waals surface area contributed by atoms with E-state index in [2.05, 4.69) is 44.2 Å². The van der Waals surface area contributed by atoms with Gasteiger partial charge in [0.1, 0.15) is 5.82 Å². The minimum atomic E-state index is 0.541. The van der Waals surface area contributed by atoms with E-state index in [-0.39, 0.29) is 0 Å². The highest BCUT2D eigenvalue weighted by atomic mass is 32.1. The monoisotopic (exact) mass is 258 g/mol. The molecule has 0 spiro atoms. The highest BCUT2D eigenvalue weighted by Gasteiger charge is 2.22. The molecule has 18 heavy (non-hydrogen) atoms. The lowest BCUT2D eigenvalue weighted by molar-refractivity contribution is 0.443. The number of thiazole rings is 1. The van der Waals surface area contributed by atoms with Crippen molar-refractivity contribution in [2.75, 3.05) is 13.1 Å². The van der Waals surface area contributed by atoms with E-state index in [9.17, 15) is 0 Å². The fraction of sp³-hybridized carbons (Fsp3) is 0.385. The van der Waals surface area contributed by atoms with Gasteiger partial charge in [-0.3, -0.25) is 4.40 Å². The Morgan fingerprint density at radius 2 is 2.00 bits per heavy atom. The van der Waals surface area contributed by atoms with Gasteiger partial charge in [0, 0.05) is 5.92 Å². The molecule has 92 valence electrons. The SMILES string of the molecule is c1ccc2c(c1)sc1nnc(C3CCNCC3)n12. The molecule has 0 amide bonds. The van der Waals surface area contributed by atoms with Gasteiger partial charge in [-0.15, -0.1) is 10.2 Å². The standard InChI is InChI=1S/C13H14N4S/c1-2-4-11-10(3-1)17-12(15-16-13(17)18-11)9-5-7-14-8-6-9/h1-4,9,14H,5-8H2. The van der Waals surface area contributed by atoms with E-state index in [0.717, 1.165) is 36.7 Å². The van der Waals surface area contributed by atoms with Crippen molar-refractivity contribution in [1.29, 1.82) is 0 Å². The molecule has 2 aromatic heterocycles. The number of piperidine rings is 1. The molecule has 1 aliphatic heterocycles. The lowest BCUT2D eigenvalue weighted by Gasteiger charge is -2.20. The number of fused-ring (bicyclic) bond motifs is 3. The van der Waals surface area contributed by atoms with Crippen LogP contribution in [0.3, 0.4) is 0 Å². The summed E-state index contributed by atoms with van der Waals surface area (Å²) in [7, 11) is 0. The Bertz CT molecular complexity index is 693. The Hall–Kier alpha value is -1.46. The summed E-state index contributed by atoms with van der Waals surface area (Å²) in [5, 5.41) is 12.2. The maximum absolute atomic E-state index is 4.42. The number of benzene rings is 1. The molecule has 1 saturated heterocycles. The third-order valence-electron chi connectivity index (χ3n) is 3.67. The molecule has 1 N–H and O–H groups in total. The number of nitrogens with zero attached hydrogens (tertiary/aromatic N) is 3. The first-order valence-corrected chi connectivity index (χ1v) is 7.18. The summed E-state index contributed by atoms with van der Waals surface area (Å²) in [4.78, 5) is 1.02. The first-order valence-electron chi connectivity index (χ1n) is 6.37. The zero-order valence-electron chi connectivity index (χ0n) is 9.97. The molecule has 0 saturated carbocycles. The molecule has 0 bridgehead atoms. The molecule has 0 unspecified atom stereocenters. The molecule has 0 radical (unpaired) electrons. The smallest absolute Gasteiger partial charge is 0.217 e. The highest BCUT2D eigenvalue weighted by molar-refractivity contribution is 7.23. The second-order valence-electron chi connectivity index (χ2n) is 4.77. The molecule has 0 aliphatic carbocycles. The summed E-state index contributed by atoms with van der Waals surface area (Å²) < 4.78 is 3.54. The number of nitrogens with one attached hydrogen (secondary N) is 1. The van der Waals surface area contributed by atoms with Crippen molar-refractivity contribution in [3.8, 4) is 0 Å². The van der Waals surface area contributed by atoms with E-state index in [4.69, 9.17) is 0 Å². The van der Waals surface area contributed by atoms with E-state index in [1.165, 1.54) is 10.2 Å². The zero-order chi connectivity index (χ0) is 11.9. The molecule has 1 aromatic carbocycles. The first-order chi connectivity index (χ1) is 8.93. The van der Waals surface area contributed by atoms with Crippen LogP contribution in [0.15, 0.2) is 24.3 Å². The van der Waals surface area contributed by atoms with E-state index in [1.54, 1.807) is 11.3 Å². The minimum absolute atomic E-state index is 0.541. The summed E-state index contributed by atoms with van der Waals surface area (Å²) in [6.07, 6.45) is 2.32. The Labute approximate surface area is 109 Å². The molecular formula is C13H14N4S. The van der Waals surface area contributed by atoms with E-state index in [0.29, 0.717) is 5.92 Å². The quantitative estimate of drug-likeness (QED) is 0.729. The number of hydrogen-bond acceptors (Lipinski definition) is 4. The number of para-hydroxylation sites is 1. The molecular weight excluding hydrogens is 244 g/mol. The Balaban J connectivity index is 1.94. The van der Waals surface area contributed by atoms with Gasteiger partial charge in [-0.05, 0) is 38.1 Å². The van der Waals surface area contributed by atoms with Crippen LogP contribution >= 0.6 is 11.3 Å². The Morgan fingerprint density at radius 1 is 1.17 bits per heavy atom. The lowest BCUT2D eigenvalue weighted by atomic mass is 9.97. The third-order valence-corrected chi connectivity index (χ3v) is 4.68. The van der Waals surface area contributed by atoms with Crippen LogP contribution in [0.1, 0.15) is 24.6 Å². The van der Waals surface area contributed by atoms with Crippen LogP contribution in [0.5, 0.6) is 0 Å². The second kappa shape index (κ2) is 4.03. The summed E-state index contributed by atoms with van der Waals surface area (Å²) in [6, 6.07) is 8.48. The van der Waals surface area contributed by atoms with E-state index in [1.807, 2.05) is 0 Å². The third kappa shape index (κ3) is 1.47. The largest absolute Gasteiger partial charge is 0.317 e. The molecule has 4 rings (SSSR count). The average Bonchev–Trinajstić information content (AvgIpc) is 2.98. The van der Waals surface area contributed by atoms with Gasteiger partial charge in [-0.1, -0.05) is 23.5 Å². The number of rotatable bonds is 1. The van der Waals surface area contributed by atoms with Gasteiger partial charge in [0.15, 0.2) is 0 Å². The second-order valence-corrected chi connectivity index (χ2v) is 5.78. The van der Waals surface area contributed by atoms with Crippen LogP contribution in [0.25, 0.3) is 15.2 Å². The Morgan fingerprint density at radius 3 is 2.89 bits per heavy atom. The van der Waals surface area contributed by atoms with Gasteiger partial charge in [0.2, 0.25) is 4.96 Å². The normalized spacial score (nSPS) is 17.8. The van der Waals surface area contributed by atoms with Crippen LogP contribution in [0, 0.1) is 0 Å². The fourth-order valence-electron chi connectivity index (χ4n) is 2.74. The summed E-state index contributed by atoms with van der Waals surface area (Å²) in [5.74, 6) is 1.68. The van der Waals surface area contributed by atoms with Gasteiger partial charge in [-0.25, -0.2) is 0 Å². The maximum Gasteiger partial charge on any atom is 0.217 e. The summed E-state index contributed by atoms with van der Waals surface area (Å²) >= 11 is 1.72. The topological polar surface area (TPSA) is 42.2 Å². The van der Waals surface area contributed by atoms with Crippen LogP contribution in [-0.4, -0.2) is 27.7 Å². The van der Waals surface area contributed by atoms with Gasteiger partial charge >= 0.3 is 0 Å². The molecule has 4 nitrogen and oxygen atoms in total. The zero-order valence-corrected chi connectivity index (χ0v) is 10.8. The molecule has 1 aliphatic rings. The van der Waals surface area contributed by atoms with Crippen molar-refractivity contribution >= 4 is 26.5 Å². The predicted octanol–water partition coefficient (Wildman–Crippen LogP) is 2.41. The van der Waals surface area contributed by atoms with Crippen molar-refractivity contribution in [3.63, 3.8) is 0 Å². The summed E-state index contributed by atoms with van der Waals surface area (Å²) in [6.45, 7) is 2.17. The molecule has 1 fully saturated rings. The van der Waals surface area contributed by atoms with Gasteiger partial charge < -0.3 is 5.32 Å². The fourth-order valence-corrected chi connectivity index (χ4v) is 3.72. The van der Waals surface area contributed by atoms with Crippen LogP contribution in [0.4, 0.5) is 0 Å². The molecule has 5 heteroatoms. The molecule has 0 atom stereocenters. The maximum atomic E-state index is 4.42. The molecule has 3 aromatic rings. The first kappa shape index (κ1) is 10.5. The number of aromatic nitrogens is 3. The Kier molecular flexibility index (Phi) is 2.34. The van der Waals surface area contributed by atoms with E-state index >= 15 is 0 Å². The minimum Gasteiger partial charge on any atom is -0.317 e. The van der Waals surface area contributed by atoms with Gasteiger partial charge in [-0.2, -0.15) is 0 Å². The average molecular weight is 258 g/mol. The van der Waals surface area contributed by atoms with Crippen LogP contribution in [0.2, 0.25) is 0 Å². The van der Waals surface area contributed by atoms with Crippen LogP contribution in [-0.2, 0) is 0 Å². The van der Waals surface area contributed by atoms with Crippen molar-refractivity contribution in [3.05, 3.63) is 30.1 Å². The highest BCUT2D eigenvalue weighted by Crippen LogP contribution is 2.31. The summed E-state index contributed by atoms with van der Waals surface area (Å²) in [5.41, 5.74) is 1.25. The number of hydrogen-bond donors (Lipinski definition) is 1. The predicted molar refractivity (Wildman–Crippen MR) is 73.2 cm³/mol. The van der Waals surface area contributed by atoms with Crippen molar-refractivity contribution < 1.29 is 0 Å². The van der Waals surface area contributed by atoms with Gasteiger partial charge in [0.05, 0.1) is 10.2 Å². The van der Waals surface area contributed by atoms with Crippen molar-refractivity contribution in [2.45, 2.75) is 18.8 Å². The lowest BCUT2D eigenvalue weighted by Crippen LogP contribution is -2.27. The van der Waals surface area contributed by atoms with Crippen LogP contribution < -0.4 is 5.32 Å². The molecule has 3 heterocycles.